The fourth-order valence-corrected chi connectivity index (χ4v) is 2.07. The van der Waals surface area contributed by atoms with Crippen LogP contribution in [0.4, 0.5) is 0 Å². The first-order valence-electron chi connectivity index (χ1n) is 5.80. The average molecular weight is 254 g/mol. The fraction of sp³-hybridized carbons (Fsp3) is 0.462. The fourth-order valence-electron chi connectivity index (χ4n) is 1.74. The van der Waals surface area contributed by atoms with Gasteiger partial charge in [0, 0.05) is 6.54 Å². The number of hydrogen-bond acceptors (Lipinski definition) is 2. The van der Waals surface area contributed by atoms with Crippen LogP contribution in [-0.2, 0) is 0 Å². The van der Waals surface area contributed by atoms with Gasteiger partial charge >= 0.3 is 0 Å². The molecule has 0 aromatic heterocycles. The van der Waals surface area contributed by atoms with Gasteiger partial charge in [0.05, 0.1) is 10.9 Å². The quantitative estimate of drug-likeness (QED) is 0.810. The Labute approximate surface area is 106 Å². The lowest BCUT2D eigenvalue weighted by Gasteiger charge is -2.10. The molecule has 2 rings (SSSR count). The molecule has 0 radical (unpaired) electrons. The summed E-state index contributed by atoms with van der Waals surface area (Å²) in [4.78, 5) is 11.8. The van der Waals surface area contributed by atoms with Crippen LogP contribution in [0, 0.1) is 12.8 Å². The van der Waals surface area contributed by atoms with Gasteiger partial charge < -0.3 is 10.4 Å². The Balaban J connectivity index is 1.94. The third kappa shape index (κ3) is 3.13. The lowest BCUT2D eigenvalue weighted by atomic mass is 10.1. The van der Waals surface area contributed by atoms with E-state index in [1.807, 2.05) is 6.92 Å². The SMILES string of the molecule is Cc1ccc(C(=O)NCC(Cl)C2CC2)c(O)c1. The second-order valence-electron chi connectivity index (χ2n) is 4.58. The molecule has 0 bridgehead atoms. The lowest BCUT2D eigenvalue weighted by Crippen LogP contribution is -2.30. The Morgan fingerprint density at radius 1 is 1.59 bits per heavy atom. The van der Waals surface area contributed by atoms with E-state index in [1.165, 1.54) is 0 Å². The van der Waals surface area contributed by atoms with Crippen LogP contribution in [0.3, 0.4) is 0 Å². The van der Waals surface area contributed by atoms with Gasteiger partial charge in [0.2, 0.25) is 0 Å². The molecule has 1 aromatic rings. The number of aromatic hydroxyl groups is 1. The van der Waals surface area contributed by atoms with Crippen molar-refractivity contribution in [3.8, 4) is 5.75 Å². The third-order valence-electron chi connectivity index (χ3n) is 2.99. The van der Waals surface area contributed by atoms with Crippen LogP contribution in [-0.4, -0.2) is 22.9 Å². The molecule has 92 valence electrons. The molecular weight excluding hydrogens is 238 g/mol. The van der Waals surface area contributed by atoms with Crippen LogP contribution in [0.25, 0.3) is 0 Å². The summed E-state index contributed by atoms with van der Waals surface area (Å²) in [5, 5.41) is 12.4. The van der Waals surface area contributed by atoms with Crippen molar-refractivity contribution >= 4 is 17.5 Å². The highest BCUT2D eigenvalue weighted by molar-refractivity contribution is 6.21. The molecular formula is C13H16ClNO2. The maximum absolute atomic E-state index is 11.8. The number of phenolic OH excluding ortho intramolecular Hbond substituents is 1. The minimum absolute atomic E-state index is 0.00606. The molecule has 1 fully saturated rings. The molecule has 1 unspecified atom stereocenters. The minimum atomic E-state index is -0.270. The van der Waals surface area contributed by atoms with Crippen molar-refractivity contribution < 1.29 is 9.90 Å². The number of nitrogens with one attached hydrogen (secondary N) is 1. The van der Waals surface area contributed by atoms with Crippen molar-refractivity contribution in [3.63, 3.8) is 0 Å². The number of rotatable bonds is 4. The van der Waals surface area contributed by atoms with E-state index in [9.17, 15) is 9.90 Å². The summed E-state index contributed by atoms with van der Waals surface area (Å²) in [7, 11) is 0. The Morgan fingerprint density at radius 3 is 2.88 bits per heavy atom. The summed E-state index contributed by atoms with van der Waals surface area (Å²) in [5.41, 5.74) is 1.22. The van der Waals surface area contributed by atoms with Crippen LogP contribution in [0.5, 0.6) is 5.75 Å². The van der Waals surface area contributed by atoms with Crippen LogP contribution < -0.4 is 5.32 Å². The van der Waals surface area contributed by atoms with E-state index in [2.05, 4.69) is 5.32 Å². The van der Waals surface area contributed by atoms with Crippen LogP contribution >= 0.6 is 11.6 Å². The van der Waals surface area contributed by atoms with Gasteiger partial charge in [0.1, 0.15) is 5.75 Å². The summed E-state index contributed by atoms with van der Waals surface area (Å²) in [6, 6.07) is 5.00. The number of carbonyl (C=O) groups is 1. The van der Waals surface area contributed by atoms with Crippen molar-refractivity contribution in [1.82, 2.24) is 5.32 Å². The molecule has 17 heavy (non-hydrogen) atoms. The summed E-state index contributed by atoms with van der Waals surface area (Å²) < 4.78 is 0. The zero-order chi connectivity index (χ0) is 12.4. The molecule has 1 aliphatic carbocycles. The summed E-state index contributed by atoms with van der Waals surface area (Å²) in [5.74, 6) is 0.289. The molecule has 1 aromatic carbocycles. The molecule has 1 aliphatic rings. The van der Waals surface area contributed by atoms with Gasteiger partial charge in [-0.15, -0.1) is 11.6 Å². The average Bonchev–Trinajstić information content (AvgIpc) is 3.09. The van der Waals surface area contributed by atoms with E-state index in [0.717, 1.165) is 18.4 Å². The molecule has 1 amide bonds. The number of benzene rings is 1. The number of halogens is 1. The zero-order valence-corrected chi connectivity index (χ0v) is 10.5. The topological polar surface area (TPSA) is 49.3 Å². The first-order valence-corrected chi connectivity index (χ1v) is 6.23. The normalized spacial score (nSPS) is 16.6. The van der Waals surface area contributed by atoms with Gasteiger partial charge in [-0.25, -0.2) is 0 Å². The van der Waals surface area contributed by atoms with Crippen molar-refractivity contribution in [2.75, 3.05) is 6.54 Å². The Hall–Kier alpha value is -1.22. The van der Waals surface area contributed by atoms with Gasteiger partial charge in [-0.3, -0.25) is 4.79 Å². The Bertz CT molecular complexity index is 429. The number of carbonyl (C=O) groups excluding carboxylic acids is 1. The Kier molecular flexibility index (Phi) is 3.57. The molecule has 3 nitrogen and oxygen atoms in total. The monoisotopic (exact) mass is 253 g/mol. The van der Waals surface area contributed by atoms with Gasteiger partial charge in [0.15, 0.2) is 0 Å². The molecule has 1 atom stereocenters. The van der Waals surface area contributed by atoms with Crippen molar-refractivity contribution in [3.05, 3.63) is 29.3 Å². The van der Waals surface area contributed by atoms with Crippen molar-refractivity contribution in [2.24, 2.45) is 5.92 Å². The predicted molar refractivity (Wildman–Crippen MR) is 67.5 cm³/mol. The molecule has 4 heteroatoms. The van der Waals surface area contributed by atoms with Gasteiger partial charge in [-0.1, -0.05) is 6.07 Å². The Morgan fingerprint density at radius 2 is 2.29 bits per heavy atom. The van der Waals surface area contributed by atoms with Crippen LogP contribution in [0.15, 0.2) is 18.2 Å². The highest BCUT2D eigenvalue weighted by Gasteiger charge is 2.29. The van der Waals surface area contributed by atoms with E-state index in [-0.39, 0.29) is 17.0 Å². The molecule has 0 heterocycles. The first-order chi connectivity index (χ1) is 8.08. The largest absolute Gasteiger partial charge is 0.507 e. The molecule has 1 saturated carbocycles. The van der Waals surface area contributed by atoms with Gasteiger partial charge in [-0.2, -0.15) is 0 Å². The van der Waals surface area contributed by atoms with E-state index in [1.54, 1.807) is 18.2 Å². The van der Waals surface area contributed by atoms with Gasteiger partial charge in [0.25, 0.3) is 5.91 Å². The summed E-state index contributed by atoms with van der Waals surface area (Å²) >= 11 is 6.10. The third-order valence-corrected chi connectivity index (χ3v) is 3.50. The maximum atomic E-state index is 11.8. The smallest absolute Gasteiger partial charge is 0.255 e. The van der Waals surface area contributed by atoms with Crippen molar-refractivity contribution in [1.29, 1.82) is 0 Å². The van der Waals surface area contributed by atoms with Crippen LogP contribution in [0.2, 0.25) is 0 Å². The number of phenols is 1. The zero-order valence-electron chi connectivity index (χ0n) is 9.74. The number of amides is 1. The lowest BCUT2D eigenvalue weighted by molar-refractivity contribution is 0.0950. The minimum Gasteiger partial charge on any atom is -0.507 e. The molecule has 0 spiro atoms. The number of hydrogen-bond donors (Lipinski definition) is 2. The number of aryl methyl sites for hydroxylation is 1. The van der Waals surface area contributed by atoms with E-state index in [0.29, 0.717) is 18.0 Å². The second kappa shape index (κ2) is 4.96. The molecule has 0 aliphatic heterocycles. The van der Waals surface area contributed by atoms with E-state index in [4.69, 9.17) is 11.6 Å². The molecule has 0 saturated heterocycles. The molecule has 2 N–H and O–H groups in total. The van der Waals surface area contributed by atoms with E-state index >= 15 is 0 Å². The second-order valence-corrected chi connectivity index (χ2v) is 5.14. The number of alkyl halides is 1. The standard InChI is InChI=1S/C13H16ClNO2/c1-8-2-5-10(12(16)6-8)13(17)15-7-11(14)9-3-4-9/h2,5-6,9,11,16H,3-4,7H2,1H3,(H,15,17). The highest BCUT2D eigenvalue weighted by atomic mass is 35.5. The predicted octanol–water partition coefficient (Wildman–Crippen LogP) is 2.45. The summed E-state index contributed by atoms with van der Waals surface area (Å²) in [6.45, 7) is 2.32. The van der Waals surface area contributed by atoms with Crippen molar-refractivity contribution in [2.45, 2.75) is 25.1 Å². The highest BCUT2D eigenvalue weighted by Crippen LogP contribution is 2.35. The van der Waals surface area contributed by atoms with E-state index < -0.39 is 0 Å². The first kappa shape index (κ1) is 12.2. The van der Waals surface area contributed by atoms with Crippen LogP contribution in [0.1, 0.15) is 28.8 Å². The van der Waals surface area contributed by atoms with Gasteiger partial charge in [-0.05, 0) is 43.4 Å². The summed E-state index contributed by atoms with van der Waals surface area (Å²) in [6.07, 6.45) is 2.31. The maximum Gasteiger partial charge on any atom is 0.255 e.